The van der Waals surface area contributed by atoms with Crippen molar-refractivity contribution in [2.45, 2.75) is 25.3 Å². The van der Waals surface area contributed by atoms with Crippen LogP contribution in [-0.4, -0.2) is 42.5 Å². The van der Waals surface area contributed by atoms with Crippen molar-refractivity contribution in [3.05, 3.63) is 71.8 Å². The van der Waals surface area contributed by atoms with E-state index >= 15 is 0 Å². The molecule has 0 aromatic heterocycles. The van der Waals surface area contributed by atoms with Gasteiger partial charge in [-0.1, -0.05) is 67.6 Å². The van der Waals surface area contributed by atoms with Gasteiger partial charge in [0, 0.05) is 18.7 Å². The lowest BCUT2D eigenvalue weighted by molar-refractivity contribution is -0.0163. The molecule has 1 heterocycles. The molecule has 3 rings (SSSR count). The third-order valence-electron chi connectivity index (χ3n) is 5.00. The zero-order valence-corrected chi connectivity index (χ0v) is 14.3. The van der Waals surface area contributed by atoms with Crippen LogP contribution in [0.25, 0.3) is 0 Å². The number of ketones is 1. The molecule has 1 aliphatic rings. The maximum atomic E-state index is 13.5. The second-order valence-electron chi connectivity index (χ2n) is 6.34. The Kier molecular flexibility index (Phi) is 5.44. The average molecular weight is 323 g/mol. The first kappa shape index (κ1) is 16.9. The number of morpholine rings is 1. The van der Waals surface area contributed by atoms with Gasteiger partial charge in [0.25, 0.3) is 0 Å². The predicted molar refractivity (Wildman–Crippen MR) is 96.3 cm³/mol. The Bertz CT molecular complexity index is 650. The van der Waals surface area contributed by atoms with E-state index in [-0.39, 0.29) is 5.78 Å². The average Bonchev–Trinajstić information content (AvgIpc) is 2.68. The summed E-state index contributed by atoms with van der Waals surface area (Å²) in [7, 11) is 0. The van der Waals surface area contributed by atoms with E-state index in [0.29, 0.717) is 13.2 Å². The van der Waals surface area contributed by atoms with E-state index in [4.69, 9.17) is 4.74 Å². The molecule has 24 heavy (non-hydrogen) atoms. The van der Waals surface area contributed by atoms with E-state index in [9.17, 15) is 4.79 Å². The minimum atomic E-state index is -0.507. The van der Waals surface area contributed by atoms with Crippen molar-refractivity contribution in [2.75, 3.05) is 26.3 Å². The van der Waals surface area contributed by atoms with Crippen molar-refractivity contribution >= 4 is 5.78 Å². The number of carbonyl (C=O) groups excluding carboxylic acids is 1. The summed E-state index contributed by atoms with van der Waals surface area (Å²) >= 11 is 0. The summed E-state index contributed by atoms with van der Waals surface area (Å²) in [5.74, 6) is 0.219. The highest BCUT2D eigenvalue weighted by Gasteiger charge is 2.43. The van der Waals surface area contributed by atoms with Gasteiger partial charge in [-0.3, -0.25) is 9.69 Å². The van der Waals surface area contributed by atoms with E-state index in [0.717, 1.165) is 31.5 Å². The minimum Gasteiger partial charge on any atom is -0.379 e. The Labute approximate surface area is 144 Å². The topological polar surface area (TPSA) is 29.5 Å². The largest absolute Gasteiger partial charge is 0.379 e. The molecule has 1 unspecified atom stereocenters. The van der Waals surface area contributed by atoms with Gasteiger partial charge >= 0.3 is 0 Å². The molecule has 126 valence electrons. The number of benzene rings is 2. The molecule has 0 aliphatic carbocycles. The molecule has 0 spiro atoms. The molecule has 0 N–H and O–H groups in total. The zero-order chi connectivity index (χ0) is 16.8. The fourth-order valence-electron chi connectivity index (χ4n) is 3.63. The maximum absolute atomic E-state index is 13.5. The molecule has 1 saturated heterocycles. The Morgan fingerprint density at radius 2 is 1.58 bits per heavy atom. The molecule has 1 fully saturated rings. The van der Waals surface area contributed by atoms with E-state index in [1.807, 2.05) is 48.5 Å². The number of ether oxygens (including phenoxy) is 1. The first-order valence-corrected chi connectivity index (χ1v) is 8.73. The Morgan fingerprint density at radius 1 is 1.00 bits per heavy atom. The maximum Gasteiger partial charge on any atom is 0.183 e. The first-order chi connectivity index (χ1) is 11.8. The van der Waals surface area contributed by atoms with Gasteiger partial charge in [0.05, 0.1) is 18.8 Å². The van der Waals surface area contributed by atoms with Gasteiger partial charge in [-0.2, -0.15) is 0 Å². The van der Waals surface area contributed by atoms with E-state index < -0.39 is 5.54 Å². The summed E-state index contributed by atoms with van der Waals surface area (Å²) in [5, 5.41) is 0. The third-order valence-corrected chi connectivity index (χ3v) is 5.00. The van der Waals surface area contributed by atoms with E-state index in [1.54, 1.807) is 0 Å². The fourth-order valence-corrected chi connectivity index (χ4v) is 3.63. The molecule has 0 radical (unpaired) electrons. The summed E-state index contributed by atoms with van der Waals surface area (Å²) in [5.41, 5.74) is 1.49. The van der Waals surface area contributed by atoms with Crippen molar-refractivity contribution in [1.29, 1.82) is 0 Å². The quantitative estimate of drug-likeness (QED) is 0.761. The summed E-state index contributed by atoms with van der Waals surface area (Å²) in [4.78, 5) is 15.9. The first-order valence-electron chi connectivity index (χ1n) is 8.73. The lowest BCUT2D eigenvalue weighted by Crippen LogP contribution is -2.59. The molecular formula is C21H25NO2. The standard InChI is InChI=1S/C21H25NO2/c1-2-21(22-13-15-24-16-14-22,17-18-9-5-3-6-10-18)20(23)19-11-7-4-8-12-19/h3-12H,2,13-17H2,1H3. The Hall–Kier alpha value is -1.97. The van der Waals surface area contributed by atoms with Crippen molar-refractivity contribution in [1.82, 2.24) is 4.90 Å². The molecular weight excluding hydrogens is 298 g/mol. The monoisotopic (exact) mass is 323 g/mol. The van der Waals surface area contributed by atoms with Crippen molar-refractivity contribution < 1.29 is 9.53 Å². The number of hydrogen-bond acceptors (Lipinski definition) is 3. The molecule has 0 amide bonds. The Balaban J connectivity index is 1.99. The molecule has 1 atom stereocenters. The summed E-state index contributed by atoms with van der Waals surface area (Å²) in [6.07, 6.45) is 1.52. The second kappa shape index (κ2) is 7.73. The number of Topliss-reactive ketones (excluding diaryl/α,β-unsaturated/α-hetero) is 1. The summed E-state index contributed by atoms with van der Waals surface area (Å²) < 4.78 is 5.52. The highest BCUT2D eigenvalue weighted by molar-refractivity contribution is 6.03. The normalized spacial score (nSPS) is 18.0. The van der Waals surface area contributed by atoms with Gasteiger partial charge in [0.2, 0.25) is 0 Å². The van der Waals surface area contributed by atoms with Gasteiger partial charge in [-0.05, 0) is 18.4 Å². The molecule has 0 saturated carbocycles. The predicted octanol–water partition coefficient (Wildman–Crippen LogP) is 3.59. The smallest absolute Gasteiger partial charge is 0.183 e. The van der Waals surface area contributed by atoms with Crippen LogP contribution in [0.3, 0.4) is 0 Å². The van der Waals surface area contributed by atoms with Gasteiger partial charge in [0.15, 0.2) is 5.78 Å². The minimum absolute atomic E-state index is 0.219. The van der Waals surface area contributed by atoms with Crippen LogP contribution < -0.4 is 0 Å². The van der Waals surface area contributed by atoms with Crippen molar-refractivity contribution in [3.8, 4) is 0 Å². The van der Waals surface area contributed by atoms with Gasteiger partial charge in [-0.25, -0.2) is 0 Å². The highest BCUT2D eigenvalue weighted by Crippen LogP contribution is 2.30. The van der Waals surface area contributed by atoms with Crippen LogP contribution in [0.2, 0.25) is 0 Å². The molecule has 2 aromatic carbocycles. The van der Waals surface area contributed by atoms with Gasteiger partial charge in [-0.15, -0.1) is 0 Å². The molecule has 2 aromatic rings. The van der Waals surface area contributed by atoms with Gasteiger partial charge in [0.1, 0.15) is 0 Å². The SMILES string of the molecule is CCC(Cc1ccccc1)(C(=O)c1ccccc1)N1CCOCC1. The van der Waals surface area contributed by atoms with Crippen LogP contribution in [0.15, 0.2) is 60.7 Å². The number of rotatable bonds is 6. The van der Waals surface area contributed by atoms with Crippen LogP contribution in [0, 0.1) is 0 Å². The third kappa shape index (κ3) is 3.42. The zero-order valence-electron chi connectivity index (χ0n) is 14.3. The lowest BCUT2D eigenvalue weighted by Gasteiger charge is -2.44. The molecule has 0 bridgehead atoms. The van der Waals surface area contributed by atoms with E-state index in [1.165, 1.54) is 5.56 Å². The molecule has 3 heteroatoms. The Morgan fingerprint density at radius 3 is 2.17 bits per heavy atom. The van der Waals surface area contributed by atoms with Crippen LogP contribution >= 0.6 is 0 Å². The van der Waals surface area contributed by atoms with Gasteiger partial charge < -0.3 is 4.74 Å². The number of nitrogens with zero attached hydrogens (tertiary/aromatic N) is 1. The lowest BCUT2D eigenvalue weighted by atomic mass is 9.79. The molecule has 3 nitrogen and oxygen atoms in total. The fraction of sp³-hybridized carbons (Fsp3) is 0.381. The number of hydrogen-bond donors (Lipinski definition) is 0. The molecule has 1 aliphatic heterocycles. The van der Waals surface area contributed by atoms with Crippen LogP contribution in [0.4, 0.5) is 0 Å². The van der Waals surface area contributed by atoms with Crippen molar-refractivity contribution in [3.63, 3.8) is 0 Å². The van der Waals surface area contributed by atoms with Crippen LogP contribution in [0.5, 0.6) is 0 Å². The summed E-state index contributed by atoms with van der Waals surface area (Å²) in [6, 6.07) is 20.0. The second-order valence-corrected chi connectivity index (χ2v) is 6.34. The van der Waals surface area contributed by atoms with Crippen LogP contribution in [0.1, 0.15) is 29.3 Å². The van der Waals surface area contributed by atoms with Crippen LogP contribution in [-0.2, 0) is 11.2 Å². The highest BCUT2D eigenvalue weighted by atomic mass is 16.5. The summed E-state index contributed by atoms with van der Waals surface area (Å²) in [6.45, 7) is 5.12. The van der Waals surface area contributed by atoms with E-state index in [2.05, 4.69) is 24.0 Å². The van der Waals surface area contributed by atoms with Crippen molar-refractivity contribution in [2.24, 2.45) is 0 Å². The number of carbonyl (C=O) groups is 1.